The number of nitrogens with zero attached hydrogens (tertiary/aromatic N) is 2. The number of aromatic nitrogens is 2. The van der Waals surface area contributed by atoms with Gasteiger partial charge < -0.3 is 4.90 Å². The molecule has 0 atom stereocenters. The van der Waals surface area contributed by atoms with Crippen LogP contribution in [0.25, 0.3) is 0 Å². The summed E-state index contributed by atoms with van der Waals surface area (Å²) in [6.07, 6.45) is -4.54. The van der Waals surface area contributed by atoms with Crippen molar-refractivity contribution in [2.45, 2.75) is 12.6 Å². The number of carbonyl (C=O) groups is 1. The topological polar surface area (TPSA) is 49.0 Å². The average molecular weight is 265 g/mol. The number of rotatable bonds is 2. The van der Waals surface area contributed by atoms with Gasteiger partial charge in [0.05, 0.1) is 12.3 Å². The van der Waals surface area contributed by atoms with Gasteiger partial charge in [-0.25, -0.2) is 0 Å². The van der Waals surface area contributed by atoms with E-state index in [0.717, 1.165) is 11.8 Å². The zero-order valence-corrected chi connectivity index (χ0v) is 9.57. The molecule has 0 bridgehead atoms. The summed E-state index contributed by atoms with van der Waals surface area (Å²) in [5, 5.41) is 5.38. The van der Waals surface area contributed by atoms with Gasteiger partial charge in [0.2, 0.25) is 5.91 Å². The number of halogens is 3. The molecule has 0 radical (unpaired) electrons. The van der Waals surface area contributed by atoms with Gasteiger partial charge in [0.15, 0.2) is 5.69 Å². The predicted octanol–water partition coefficient (Wildman–Crippen LogP) is 1.50. The van der Waals surface area contributed by atoms with Crippen LogP contribution in [0.2, 0.25) is 0 Å². The van der Waals surface area contributed by atoms with Crippen molar-refractivity contribution in [2.75, 3.05) is 18.2 Å². The molecule has 94 valence electrons. The molecule has 0 spiro atoms. The van der Waals surface area contributed by atoms with E-state index >= 15 is 0 Å². The first-order valence-corrected chi connectivity index (χ1v) is 6.09. The lowest BCUT2D eigenvalue weighted by Gasteiger charge is -2.12. The van der Waals surface area contributed by atoms with Gasteiger partial charge in [0, 0.05) is 18.0 Å². The van der Waals surface area contributed by atoms with Crippen LogP contribution in [0, 0.1) is 0 Å². The number of nitrogens with one attached hydrogen (secondary N) is 1. The SMILES string of the molecule is O=C(Cc1cc(C(F)(F)F)n[nH]1)N1CCSC1. The molecule has 1 aromatic heterocycles. The summed E-state index contributed by atoms with van der Waals surface area (Å²) in [6.45, 7) is 0.657. The molecular weight excluding hydrogens is 255 g/mol. The molecule has 1 aromatic rings. The Hall–Kier alpha value is -1.18. The number of hydrogen-bond acceptors (Lipinski definition) is 3. The van der Waals surface area contributed by atoms with Crippen molar-refractivity contribution in [1.29, 1.82) is 0 Å². The highest BCUT2D eigenvalue weighted by Crippen LogP contribution is 2.27. The minimum absolute atomic E-state index is 0.0658. The van der Waals surface area contributed by atoms with Gasteiger partial charge in [0.1, 0.15) is 0 Å². The molecule has 1 aliphatic heterocycles. The van der Waals surface area contributed by atoms with E-state index in [4.69, 9.17) is 0 Å². The van der Waals surface area contributed by atoms with E-state index in [1.807, 2.05) is 0 Å². The van der Waals surface area contributed by atoms with Crippen LogP contribution < -0.4 is 0 Å². The summed E-state index contributed by atoms with van der Waals surface area (Å²) < 4.78 is 36.8. The Kier molecular flexibility index (Phi) is 3.32. The molecule has 0 saturated carbocycles. The van der Waals surface area contributed by atoms with Crippen molar-refractivity contribution in [2.24, 2.45) is 0 Å². The van der Waals surface area contributed by atoms with Crippen molar-refractivity contribution in [3.05, 3.63) is 17.5 Å². The monoisotopic (exact) mass is 265 g/mol. The van der Waals surface area contributed by atoms with Gasteiger partial charge in [-0.1, -0.05) is 0 Å². The van der Waals surface area contributed by atoms with Gasteiger partial charge >= 0.3 is 6.18 Å². The third-order valence-electron chi connectivity index (χ3n) is 2.37. The summed E-state index contributed by atoms with van der Waals surface area (Å²) >= 11 is 1.63. The highest BCUT2D eigenvalue weighted by Gasteiger charge is 2.34. The van der Waals surface area contributed by atoms with Crippen LogP contribution in [0.15, 0.2) is 6.07 Å². The number of hydrogen-bond donors (Lipinski definition) is 1. The van der Waals surface area contributed by atoms with Crippen LogP contribution in [-0.4, -0.2) is 39.2 Å². The molecule has 0 aliphatic carbocycles. The maximum Gasteiger partial charge on any atom is 0.435 e. The zero-order chi connectivity index (χ0) is 12.5. The number of thioether (sulfide) groups is 1. The van der Waals surface area contributed by atoms with Gasteiger partial charge in [-0.05, 0) is 6.07 Å². The van der Waals surface area contributed by atoms with Gasteiger partial charge in [-0.15, -0.1) is 11.8 Å². The minimum atomic E-state index is -4.47. The first-order chi connectivity index (χ1) is 7.97. The first-order valence-electron chi connectivity index (χ1n) is 4.94. The summed E-state index contributed by atoms with van der Waals surface area (Å²) in [5.41, 5.74) is -0.796. The van der Waals surface area contributed by atoms with Gasteiger partial charge in [-0.2, -0.15) is 18.3 Å². The van der Waals surface area contributed by atoms with Gasteiger partial charge in [-0.3, -0.25) is 9.89 Å². The molecule has 0 aromatic carbocycles. The summed E-state index contributed by atoms with van der Waals surface area (Å²) in [4.78, 5) is 13.3. The van der Waals surface area contributed by atoms with Crippen molar-refractivity contribution in [1.82, 2.24) is 15.1 Å². The molecule has 17 heavy (non-hydrogen) atoms. The summed E-state index contributed by atoms with van der Waals surface area (Å²) in [6, 6.07) is 0.876. The lowest BCUT2D eigenvalue weighted by atomic mass is 10.2. The fourth-order valence-electron chi connectivity index (χ4n) is 1.48. The average Bonchev–Trinajstić information content (AvgIpc) is 2.85. The maximum absolute atomic E-state index is 12.3. The Morgan fingerprint density at radius 2 is 2.35 bits per heavy atom. The number of H-pyrrole nitrogens is 1. The Morgan fingerprint density at radius 1 is 1.59 bits per heavy atom. The largest absolute Gasteiger partial charge is 0.435 e. The van der Waals surface area contributed by atoms with Crippen LogP contribution in [0.1, 0.15) is 11.4 Å². The van der Waals surface area contributed by atoms with Crippen molar-refractivity contribution in [3.8, 4) is 0 Å². The molecule has 1 aliphatic rings. The quantitative estimate of drug-likeness (QED) is 0.881. The molecule has 1 N–H and O–H groups in total. The summed E-state index contributed by atoms with van der Waals surface area (Å²) in [7, 11) is 0. The standard InChI is InChI=1S/C9H10F3N3OS/c10-9(11,12)7-3-6(13-14-7)4-8(16)15-1-2-17-5-15/h3H,1-2,4-5H2,(H,13,14). The van der Waals surface area contributed by atoms with E-state index in [9.17, 15) is 18.0 Å². The lowest BCUT2D eigenvalue weighted by molar-refractivity contribution is -0.141. The second kappa shape index (κ2) is 4.59. The first kappa shape index (κ1) is 12.3. The fourth-order valence-corrected chi connectivity index (χ4v) is 2.45. The van der Waals surface area contributed by atoms with Crippen molar-refractivity contribution in [3.63, 3.8) is 0 Å². The molecule has 1 saturated heterocycles. The molecule has 2 rings (SSSR count). The third-order valence-corrected chi connectivity index (χ3v) is 3.33. The number of amides is 1. The Morgan fingerprint density at radius 3 is 2.88 bits per heavy atom. The van der Waals surface area contributed by atoms with Crippen LogP contribution in [0.4, 0.5) is 13.2 Å². The smallest absolute Gasteiger partial charge is 0.332 e. The normalized spacial score (nSPS) is 16.5. The van der Waals surface area contributed by atoms with Crippen LogP contribution in [0.3, 0.4) is 0 Å². The van der Waals surface area contributed by atoms with E-state index in [0.29, 0.717) is 12.4 Å². The van der Waals surface area contributed by atoms with E-state index in [1.54, 1.807) is 16.7 Å². The van der Waals surface area contributed by atoms with E-state index in [1.165, 1.54) is 0 Å². The Labute approximate surface area is 99.6 Å². The lowest BCUT2D eigenvalue weighted by Crippen LogP contribution is -2.29. The Balaban J connectivity index is 1.99. The van der Waals surface area contributed by atoms with E-state index in [-0.39, 0.29) is 18.0 Å². The Bertz CT molecular complexity index is 412. The number of carbonyl (C=O) groups excluding carboxylic acids is 1. The minimum Gasteiger partial charge on any atom is -0.332 e. The second-order valence-corrected chi connectivity index (χ2v) is 4.72. The molecule has 8 heteroatoms. The van der Waals surface area contributed by atoms with Crippen LogP contribution >= 0.6 is 11.8 Å². The highest BCUT2D eigenvalue weighted by atomic mass is 32.2. The molecule has 0 unspecified atom stereocenters. The molecule has 4 nitrogen and oxygen atoms in total. The second-order valence-electron chi connectivity index (χ2n) is 3.65. The van der Waals surface area contributed by atoms with Crippen molar-refractivity contribution < 1.29 is 18.0 Å². The molecule has 2 heterocycles. The van der Waals surface area contributed by atoms with E-state index in [2.05, 4.69) is 10.2 Å². The number of alkyl halides is 3. The third kappa shape index (κ3) is 2.93. The highest BCUT2D eigenvalue weighted by molar-refractivity contribution is 7.99. The predicted molar refractivity (Wildman–Crippen MR) is 56.3 cm³/mol. The fraction of sp³-hybridized carbons (Fsp3) is 0.556. The zero-order valence-electron chi connectivity index (χ0n) is 8.75. The molecule has 1 amide bonds. The van der Waals surface area contributed by atoms with Crippen LogP contribution in [-0.2, 0) is 17.4 Å². The number of aromatic amines is 1. The maximum atomic E-state index is 12.3. The van der Waals surface area contributed by atoms with Gasteiger partial charge in [0.25, 0.3) is 0 Å². The van der Waals surface area contributed by atoms with Crippen LogP contribution in [0.5, 0.6) is 0 Å². The molecule has 1 fully saturated rings. The summed E-state index contributed by atoms with van der Waals surface area (Å²) in [5.74, 6) is 1.31. The van der Waals surface area contributed by atoms with E-state index < -0.39 is 11.9 Å². The molecular formula is C9H10F3N3OS. The van der Waals surface area contributed by atoms with Crippen molar-refractivity contribution >= 4 is 17.7 Å².